The topological polar surface area (TPSA) is 38.5 Å². The van der Waals surface area contributed by atoms with Gasteiger partial charge in [0, 0.05) is 30.7 Å². The second kappa shape index (κ2) is 3.09. The SMILES string of the molecule is Cc1cc(-n2c(C)c[nH]c2=S)nn1C. The van der Waals surface area contributed by atoms with E-state index in [0.717, 1.165) is 17.2 Å². The van der Waals surface area contributed by atoms with Crippen LogP contribution in [0.5, 0.6) is 0 Å². The third-order valence-corrected chi connectivity index (χ3v) is 2.59. The fraction of sp³-hybridized carbons (Fsp3) is 0.333. The van der Waals surface area contributed by atoms with E-state index in [9.17, 15) is 0 Å². The van der Waals surface area contributed by atoms with E-state index in [1.807, 2.05) is 42.4 Å². The zero-order valence-corrected chi connectivity index (χ0v) is 9.22. The Kier molecular flexibility index (Phi) is 2.03. The number of aromatic amines is 1. The van der Waals surface area contributed by atoms with Gasteiger partial charge >= 0.3 is 0 Å². The normalized spacial score (nSPS) is 10.8. The molecule has 74 valence electrons. The molecule has 0 amide bonds. The lowest BCUT2D eigenvalue weighted by atomic mass is 10.4. The molecule has 0 atom stereocenters. The predicted molar refractivity (Wildman–Crippen MR) is 57.2 cm³/mol. The number of hydrogen-bond acceptors (Lipinski definition) is 2. The molecule has 2 rings (SSSR count). The lowest BCUT2D eigenvalue weighted by molar-refractivity contribution is 0.724. The van der Waals surface area contributed by atoms with Crippen LogP contribution in [0.4, 0.5) is 0 Å². The standard InChI is InChI=1S/C9H12N4S/c1-6-4-8(11-12(6)3)13-7(2)5-10-9(13)14/h4-5H,1-3H3,(H,10,14). The Bertz CT molecular complexity index is 498. The first-order valence-electron chi connectivity index (χ1n) is 4.37. The molecule has 0 radical (unpaired) electrons. The van der Waals surface area contributed by atoms with E-state index in [2.05, 4.69) is 10.1 Å². The predicted octanol–water partition coefficient (Wildman–Crippen LogP) is 1.89. The van der Waals surface area contributed by atoms with Gasteiger partial charge in [-0.1, -0.05) is 0 Å². The first kappa shape index (κ1) is 9.21. The zero-order valence-electron chi connectivity index (χ0n) is 8.40. The highest BCUT2D eigenvalue weighted by Crippen LogP contribution is 2.11. The Labute approximate surface area is 87.2 Å². The summed E-state index contributed by atoms with van der Waals surface area (Å²) in [4.78, 5) is 2.99. The van der Waals surface area contributed by atoms with Crippen LogP contribution in [0, 0.1) is 18.6 Å². The van der Waals surface area contributed by atoms with Gasteiger partial charge in [0.25, 0.3) is 0 Å². The molecule has 0 fully saturated rings. The van der Waals surface area contributed by atoms with E-state index >= 15 is 0 Å². The Morgan fingerprint density at radius 2 is 2.07 bits per heavy atom. The molecule has 2 heterocycles. The van der Waals surface area contributed by atoms with Gasteiger partial charge in [-0.2, -0.15) is 5.10 Å². The van der Waals surface area contributed by atoms with E-state index in [1.165, 1.54) is 0 Å². The fourth-order valence-corrected chi connectivity index (χ4v) is 1.69. The van der Waals surface area contributed by atoms with Crippen LogP contribution in [-0.2, 0) is 7.05 Å². The van der Waals surface area contributed by atoms with Crippen molar-refractivity contribution < 1.29 is 0 Å². The average Bonchev–Trinajstić information content (AvgIpc) is 2.59. The van der Waals surface area contributed by atoms with E-state index in [1.54, 1.807) is 0 Å². The molecule has 0 unspecified atom stereocenters. The molecule has 0 saturated carbocycles. The zero-order chi connectivity index (χ0) is 10.3. The van der Waals surface area contributed by atoms with Gasteiger partial charge in [-0.3, -0.25) is 9.25 Å². The summed E-state index contributed by atoms with van der Waals surface area (Å²) in [6.45, 7) is 4.01. The summed E-state index contributed by atoms with van der Waals surface area (Å²) in [5, 5.41) is 4.37. The van der Waals surface area contributed by atoms with Crippen molar-refractivity contribution in [2.45, 2.75) is 13.8 Å². The second-order valence-electron chi connectivity index (χ2n) is 3.34. The molecular weight excluding hydrogens is 196 g/mol. The molecule has 0 saturated heterocycles. The number of hydrogen-bond donors (Lipinski definition) is 1. The quantitative estimate of drug-likeness (QED) is 0.727. The first-order valence-corrected chi connectivity index (χ1v) is 4.78. The van der Waals surface area contributed by atoms with Crippen LogP contribution in [0.1, 0.15) is 11.4 Å². The van der Waals surface area contributed by atoms with Crippen LogP contribution in [-0.4, -0.2) is 19.3 Å². The minimum Gasteiger partial charge on any atom is -0.337 e. The van der Waals surface area contributed by atoms with Crippen molar-refractivity contribution in [1.82, 2.24) is 19.3 Å². The van der Waals surface area contributed by atoms with E-state index in [0.29, 0.717) is 4.77 Å². The van der Waals surface area contributed by atoms with Crippen molar-refractivity contribution in [3.05, 3.63) is 28.4 Å². The number of aryl methyl sites for hydroxylation is 3. The summed E-state index contributed by atoms with van der Waals surface area (Å²) in [5.41, 5.74) is 2.18. The Morgan fingerprint density at radius 1 is 1.36 bits per heavy atom. The highest BCUT2D eigenvalue weighted by Gasteiger charge is 2.06. The summed E-state index contributed by atoms with van der Waals surface area (Å²) in [5.74, 6) is 0.869. The fourth-order valence-electron chi connectivity index (χ4n) is 1.39. The number of imidazole rings is 1. The molecule has 0 aliphatic heterocycles. The third-order valence-electron chi connectivity index (χ3n) is 2.29. The van der Waals surface area contributed by atoms with Crippen LogP contribution >= 0.6 is 12.2 Å². The van der Waals surface area contributed by atoms with Crippen molar-refractivity contribution in [3.8, 4) is 5.82 Å². The van der Waals surface area contributed by atoms with Gasteiger partial charge < -0.3 is 4.98 Å². The van der Waals surface area contributed by atoms with Gasteiger partial charge in [0.05, 0.1) is 0 Å². The maximum absolute atomic E-state index is 5.17. The molecule has 1 N–H and O–H groups in total. The molecule has 2 aromatic rings. The lowest BCUT2D eigenvalue weighted by Crippen LogP contribution is -1.99. The summed E-state index contributed by atoms with van der Waals surface area (Å²) in [6.07, 6.45) is 1.88. The molecule has 0 aliphatic carbocycles. The monoisotopic (exact) mass is 208 g/mol. The number of aromatic nitrogens is 4. The second-order valence-corrected chi connectivity index (χ2v) is 3.72. The van der Waals surface area contributed by atoms with Crippen molar-refractivity contribution in [2.75, 3.05) is 0 Å². The largest absolute Gasteiger partial charge is 0.337 e. The summed E-state index contributed by atoms with van der Waals surface area (Å²) < 4.78 is 4.44. The van der Waals surface area contributed by atoms with Crippen molar-refractivity contribution in [2.24, 2.45) is 7.05 Å². The molecular formula is C9H12N4S. The minimum atomic E-state index is 0.681. The van der Waals surface area contributed by atoms with Gasteiger partial charge in [-0.05, 0) is 26.1 Å². The number of rotatable bonds is 1. The first-order chi connectivity index (χ1) is 6.59. The third kappa shape index (κ3) is 1.29. The van der Waals surface area contributed by atoms with E-state index in [-0.39, 0.29) is 0 Å². The van der Waals surface area contributed by atoms with Gasteiger partial charge in [-0.25, -0.2) is 0 Å². The number of nitrogens with zero attached hydrogens (tertiary/aromatic N) is 3. The highest BCUT2D eigenvalue weighted by atomic mass is 32.1. The van der Waals surface area contributed by atoms with Gasteiger partial charge in [0.15, 0.2) is 10.6 Å². The molecule has 14 heavy (non-hydrogen) atoms. The summed E-state index contributed by atoms with van der Waals surface area (Å²) in [6, 6.07) is 2.01. The van der Waals surface area contributed by atoms with Crippen LogP contribution < -0.4 is 0 Å². The summed E-state index contributed by atoms with van der Waals surface area (Å²) in [7, 11) is 1.92. The molecule has 0 spiro atoms. The Hall–Kier alpha value is -1.36. The van der Waals surface area contributed by atoms with Crippen LogP contribution in [0.15, 0.2) is 12.3 Å². The van der Waals surface area contributed by atoms with Crippen molar-refractivity contribution in [1.29, 1.82) is 0 Å². The summed E-state index contributed by atoms with van der Waals surface area (Å²) >= 11 is 5.17. The molecule has 2 aromatic heterocycles. The maximum Gasteiger partial charge on any atom is 0.183 e. The van der Waals surface area contributed by atoms with Crippen LogP contribution in [0.3, 0.4) is 0 Å². The molecule has 5 heteroatoms. The highest BCUT2D eigenvalue weighted by molar-refractivity contribution is 7.71. The van der Waals surface area contributed by atoms with Gasteiger partial charge in [0.1, 0.15) is 0 Å². The van der Waals surface area contributed by atoms with Crippen molar-refractivity contribution >= 4 is 12.2 Å². The van der Waals surface area contributed by atoms with Crippen LogP contribution in [0.2, 0.25) is 0 Å². The molecule has 0 aromatic carbocycles. The van der Waals surface area contributed by atoms with Crippen LogP contribution in [0.25, 0.3) is 5.82 Å². The molecule has 4 nitrogen and oxygen atoms in total. The number of H-pyrrole nitrogens is 1. The Balaban J connectivity index is 2.65. The van der Waals surface area contributed by atoms with E-state index in [4.69, 9.17) is 12.2 Å². The Morgan fingerprint density at radius 3 is 2.50 bits per heavy atom. The molecule has 0 bridgehead atoms. The average molecular weight is 208 g/mol. The smallest absolute Gasteiger partial charge is 0.183 e. The van der Waals surface area contributed by atoms with Crippen molar-refractivity contribution in [3.63, 3.8) is 0 Å². The maximum atomic E-state index is 5.17. The van der Waals surface area contributed by atoms with Gasteiger partial charge in [-0.15, -0.1) is 0 Å². The minimum absolute atomic E-state index is 0.681. The molecule has 0 aliphatic rings. The lowest BCUT2D eigenvalue weighted by Gasteiger charge is -1.98. The number of nitrogens with one attached hydrogen (secondary N) is 1. The van der Waals surface area contributed by atoms with Gasteiger partial charge in [0.2, 0.25) is 0 Å². The van der Waals surface area contributed by atoms with E-state index < -0.39 is 0 Å².